The van der Waals surface area contributed by atoms with Crippen molar-refractivity contribution in [1.82, 2.24) is 0 Å². The zero-order valence-electron chi connectivity index (χ0n) is 11.3. The van der Waals surface area contributed by atoms with Crippen molar-refractivity contribution in [2.45, 2.75) is 24.8 Å². The third-order valence-corrected chi connectivity index (χ3v) is 4.41. The van der Waals surface area contributed by atoms with Crippen molar-refractivity contribution in [1.29, 1.82) is 5.26 Å². The van der Waals surface area contributed by atoms with E-state index < -0.39 is 0 Å². The van der Waals surface area contributed by atoms with Crippen LogP contribution in [-0.2, 0) is 0 Å². The molecule has 0 atom stereocenters. The Bertz CT molecular complexity index is 702. The number of benzene rings is 2. The molecular weight excluding hydrogens is 331 g/mol. The third-order valence-electron chi connectivity index (χ3n) is 3.92. The van der Waals surface area contributed by atoms with Gasteiger partial charge in [-0.05, 0) is 54.7 Å². The van der Waals surface area contributed by atoms with E-state index in [9.17, 15) is 4.39 Å². The van der Waals surface area contributed by atoms with Crippen molar-refractivity contribution < 1.29 is 4.39 Å². The second-order valence-electron chi connectivity index (χ2n) is 5.37. The van der Waals surface area contributed by atoms with Crippen molar-refractivity contribution in [3.8, 4) is 6.07 Å². The third kappa shape index (κ3) is 3.08. The number of halogens is 2. The number of nitrogens with zero attached hydrogens (tertiary/aromatic N) is 1. The lowest BCUT2D eigenvalue weighted by Gasteiger charge is -2.37. The van der Waals surface area contributed by atoms with Crippen molar-refractivity contribution >= 4 is 21.6 Å². The Kier molecular flexibility index (Phi) is 3.94. The Labute approximate surface area is 131 Å². The van der Waals surface area contributed by atoms with Gasteiger partial charge >= 0.3 is 0 Å². The van der Waals surface area contributed by atoms with Crippen LogP contribution in [0.1, 0.15) is 29.9 Å². The molecule has 21 heavy (non-hydrogen) atoms. The molecule has 1 aliphatic carbocycles. The molecule has 0 amide bonds. The summed E-state index contributed by atoms with van der Waals surface area (Å²) in [7, 11) is 0. The first kappa shape index (κ1) is 14.1. The van der Waals surface area contributed by atoms with E-state index in [4.69, 9.17) is 5.26 Å². The molecule has 1 saturated carbocycles. The molecular formula is C17H14BrFN2. The highest BCUT2D eigenvalue weighted by molar-refractivity contribution is 9.10. The van der Waals surface area contributed by atoms with E-state index in [-0.39, 0.29) is 5.82 Å². The minimum atomic E-state index is -0.178. The first-order chi connectivity index (χ1) is 10.2. The van der Waals surface area contributed by atoms with Crippen LogP contribution in [-0.4, -0.2) is 6.04 Å². The zero-order chi connectivity index (χ0) is 14.8. The van der Waals surface area contributed by atoms with Gasteiger partial charge < -0.3 is 5.32 Å². The molecule has 0 radical (unpaired) electrons. The molecule has 0 aliphatic heterocycles. The topological polar surface area (TPSA) is 35.8 Å². The van der Waals surface area contributed by atoms with E-state index in [1.807, 2.05) is 18.2 Å². The van der Waals surface area contributed by atoms with Gasteiger partial charge in [0.15, 0.2) is 0 Å². The highest BCUT2D eigenvalue weighted by Gasteiger charge is 2.30. The van der Waals surface area contributed by atoms with E-state index in [1.165, 1.54) is 6.07 Å². The van der Waals surface area contributed by atoms with Gasteiger partial charge in [-0.15, -0.1) is 0 Å². The van der Waals surface area contributed by atoms with E-state index >= 15 is 0 Å². The fourth-order valence-electron chi connectivity index (χ4n) is 2.72. The SMILES string of the molecule is N#Cc1ccc(Br)cc1NC1CC(c2cccc(F)c2)C1. The van der Waals surface area contributed by atoms with Gasteiger partial charge in [-0.2, -0.15) is 5.26 Å². The number of hydrogen-bond donors (Lipinski definition) is 1. The molecule has 4 heteroatoms. The monoisotopic (exact) mass is 344 g/mol. The summed E-state index contributed by atoms with van der Waals surface area (Å²) in [6.07, 6.45) is 1.92. The molecule has 1 fully saturated rings. The van der Waals surface area contributed by atoms with Gasteiger partial charge in [0.05, 0.1) is 11.3 Å². The lowest BCUT2D eigenvalue weighted by molar-refractivity contribution is 0.373. The summed E-state index contributed by atoms with van der Waals surface area (Å²) in [4.78, 5) is 0. The maximum absolute atomic E-state index is 13.2. The summed E-state index contributed by atoms with van der Waals surface area (Å²) >= 11 is 3.42. The first-order valence-corrected chi connectivity index (χ1v) is 7.66. The minimum absolute atomic E-state index is 0.178. The van der Waals surface area contributed by atoms with E-state index in [2.05, 4.69) is 27.3 Å². The van der Waals surface area contributed by atoms with Gasteiger partial charge in [0, 0.05) is 10.5 Å². The summed E-state index contributed by atoms with van der Waals surface area (Å²) in [5.41, 5.74) is 2.56. The standard InChI is InChI=1S/C17H14BrFN2/c18-14-5-4-12(10-20)17(9-14)21-16-7-13(8-16)11-2-1-3-15(19)6-11/h1-6,9,13,16,21H,7-8H2. The molecule has 0 heterocycles. The predicted molar refractivity (Wildman–Crippen MR) is 84.6 cm³/mol. The van der Waals surface area contributed by atoms with Crippen LogP contribution >= 0.6 is 15.9 Å². The summed E-state index contributed by atoms with van der Waals surface area (Å²) in [5.74, 6) is 0.221. The van der Waals surface area contributed by atoms with Gasteiger partial charge in [0.25, 0.3) is 0 Å². The Hall–Kier alpha value is -1.86. The Morgan fingerprint density at radius 1 is 1.19 bits per heavy atom. The van der Waals surface area contributed by atoms with Crippen molar-refractivity contribution in [3.05, 3.63) is 63.9 Å². The normalized spacial score (nSPS) is 20.4. The highest BCUT2D eigenvalue weighted by Crippen LogP contribution is 2.39. The van der Waals surface area contributed by atoms with Crippen LogP contribution < -0.4 is 5.32 Å². The first-order valence-electron chi connectivity index (χ1n) is 6.87. The van der Waals surface area contributed by atoms with E-state index in [0.29, 0.717) is 17.5 Å². The molecule has 2 aromatic rings. The molecule has 1 aliphatic rings. The minimum Gasteiger partial charge on any atom is -0.381 e. The van der Waals surface area contributed by atoms with Crippen LogP contribution in [0.5, 0.6) is 0 Å². The molecule has 3 rings (SSSR count). The number of hydrogen-bond acceptors (Lipinski definition) is 2. The smallest absolute Gasteiger partial charge is 0.123 e. The average Bonchev–Trinajstić information content (AvgIpc) is 2.42. The Morgan fingerprint density at radius 2 is 2.00 bits per heavy atom. The number of nitriles is 1. The maximum Gasteiger partial charge on any atom is 0.123 e. The summed E-state index contributed by atoms with van der Waals surface area (Å²) < 4.78 is 14.2. The Morgan fingerprint density at radius 3 is 2.71 bits per heavy atom. The fourth-order valence-corrected chi connectivity index (χ4v) is 3.08. The predicted octanol–water partition coefficient (Wildman–Crippen LogP) is 4.82. The zero-order valence-corrected chi connectivity index (χ0v) is 12.9. The van der Waals surface area contributed by atoms with Gasteiger partial charge in [-0.25, -0.2) is 4.39 Å². The van der Waals surface area contributed by atoms with Crippen molar-refractivity contribution in [2.24, 2.45) is 0 Å². The lowest BCUT2D eigenvalue weighted by Crippen LogP contribution is -2.34. The number of anilines is 1. The van der Waals surface area contributed by atoms with Crippen LogP contribution in [0.2, 0.25) is 0 Å². The second kappa shape index (κ2) is 5.87. The largest absolute Gasteiger partial charge is 0.381 e. The van der Waals surface area contributed by atoms with Crippen LogP contribution in [0, 0.1) is 17.1 Å². The molecule has 0 saturated heterocycles. The Balaban J connectivity index is 1.65. The van der Waals surface area contributed by atoms with E-state index in [1.54, 1.807) is 18.2 Å². The maximum atomic E-state index is 13.2. The van der Waals surface area contributed by atoms with Crippen LogP contribution in [0.25, 0.3) is 0 Å². The van der Waals surface area contributed by atoms with Crippen LogP contribution in [0.15, 0.2) is 46.9 Å². The van der Waals surface area contributed by atoms with Crippen LogP contribution in [0.3, 0.4) is 0 Å². The lowest BCUT2D eigenvalue weighted by atomic mass is 9.75. The molecule has 0 bridgehead atoms. The van der Waals surface area contributed by atoms with Gasteiger partial charge in [0.2, 0.25) is 0 Å². The molecule has 0 unspecified atom stereocenters. The van der Waals surface area contributed by atoms with Crippen LogP contribution in [0.4, 0.5) is 10.1 Å². The average molecular weight is 345 g/mol. The highest BCUT2D eigenvalue weighted by atomic mass is 79.9. The van der Waals surface area contributed by atoms with Gasteiger partial charge in [-0.3, -0.25) is 0 Å². The number of nitrogens with one attached hydrogen (secondary N) is 1. The van der Waals surface area contributed by atoms with Gasteiger partial charge in [0.1, 0.15) is 11.9 Å². The van der Waals surface area contributed by atoms with Crippen molar-refractivity contribution in [2.75, 3.05) is 5.32 Å². The second-order valence-corrected chi connectivity index (χ2v) is 6.28. The van der Waals surface area contributed by atoms with E-state index in [0.717, 1.165) is 28.6 Å². The summed E-state index contributed by atoms with van der Waals surface area (Å²) in [6.45, 7) is 0. The van der Waals surface area contributed by atoms with Gasteiger partial charge in [-0.1, -0.05) is 28.1 Å². The fraction of sp³-hybridized carbons (Fsp3) is 0.235. The quantitative estimate of drug-likeness (QED) is 0.866. The summed E-state index contributed by atoms with van der Waals surface area (Å²) in [6, 6.07) is 14.9. The molecule has 0 spiro atoms. The summed E-state index contributed by atoms with van der Waals surface area (Å²) in [5, 5.41) is 12.5. The molecule has 106 valence electrons. The van der Waals surface area contributed by atoms with Crippen molar-refractivity contribution in [3.63, 3.8) is 0 Å². The molecule has 0 aromatic heterocycles. The molecule has 2 aromatic carbocycles. The molecule has 2 nitrogen and oxygen atoms in total. The molecule has 1 N–H and O–H groups in total. The number of rotatable bonds is 3.